The average Bonchev–Trinajstić information content (AvgIpc) is 2.70. The number of alkyl carbamates (subject to hydrolysis) is 1. The van der Waals surface area contributed by atoms with Gasteiger partial charge >= 0.3 is 12.2 Å². The van der Waals surface area contributed by atoms with Crippen molar-refractivity contribution in [2.45, 2.75) is 85.0 Å². The number of ether oxygens (including phenoxy) is 3. The van der Waals surface area contributed by atoms with Crippen molar-refractivity contribution in [2.24, 2.45) is 4.99 Å². The smallest absolute Gasteiger partial charge is 0.437 e. The van der Waals surface area contributed by atoms with Gasteiger partial charge in [0.2, 0.25) is 5.96 Å². The summed E-state index contributed by atoms with van der Waals surface area (Å²) in [6.07, 6.45) is 0.569. The molecule has 0 heterocycles. The quantitative estimate of drug-likeness (QED) is 0.361. The number of aliphatic imine (C=N–C) groups is 1. The summed E-state index contributed by atoms with van der Waals surface area (Å²) in [7, 11) is 3.35. The molecule has 0 saturated heterocycles. The highest BCUT2D eigenvalue weighted by atomic mass is 16.6. The Morgan fingerprint density at radius 1 is 1.06 bits per heavy atom. The number of nitrogens with one attached hydrogen (secondary N) is 1. The van der Waals surface area contributed by atoms with Gasteiger partial charge in [0.15, 0.2) is 0 Å². The third-order valence-electron chi connectivity index (χ3n) is 4.29. The average molecular weight is 474 g/mol. The van der Waals surface area contributed by atoms with Crippen LogP contribution in [-0.4, -0.2) is 54.4 Å². The van der Waals surface area contributed by atoms with Gasteiger partial charge in [-0.1, -0.05) is 37.3 Å². The highest BCUT2D eigenvalue weighted by Gasteiger charge is 2.24. The number of hydrogen-bond acceptors (Lipinski definition) is 5. The Labute approximate surface area is 204 Å². The highest BCUT2D eigenvalue weighted by molar-refractivity contribution is 5.99. The Hall–Kier alpha value is -3.21. The van der Waals surface area contributed by atoms with E-state index in [0.29, 0.717) is 12.8 Å². The van der Waals surface area contributed by atoms with Crippen LogP contribution < -0.4 is 10.1 Å². The van der Waals surface area contributed by atoms with Crippen LogP contribution in [0.5, 0.6) is 5.75 Å². The summed E-state index contributed by atoms with van der Waals surface area (Å²) >= 11 is 0. The summed E-state index contributed by atoms with van der Waals surface area (Å²) < 4.78 is 15.8. The zero-order valence-electron chi connectivity index (χ0n) is 21.9. The lowest BCUT2D eigenvalue weighted by atomic mass is 10.1. The lowest BCUT2D eigenvalue weighted by Gasteiger charge is -2.28. The van der Waals surface area contributed by atoms with Crippen molar-refractivity contribution in [1.29, 1.82) is 0 Å². The second-order valence-electron chi connectivity index (χ2n) is 9.80. The maximum atomic E-state index is 12.4. The second-order valence-corrected chi connectivity index (χ2v) is 9.80. The summed E-state index contributed by atoms with van der Waals surface area (Å²) in [5.41, 5.74) is -0.376. The number of methoxy groups -OCH3 is 1. The molecular weight excluding hydrogens is 434 g/mol. The Bertz CT molecular complexity index is 900. The molecule has 8 heteroatoms. The zero-order chi connectivity index (χ0) is 25.9. The molecule has 0 radical (unpaired) electrons. The van der Waals surface area contributed by atoms with Crippen LogP contribution in [0.25, 0.3) is 0 Å². The first-order valence-corrected chi connectivity index (χ1v) is 11.4. The normalized spacial score (nSPS) is 12.7. The minimum atomic E-state index is -0.813. The first kappa shape index (κ1) is 28.8. The second kappa shape index (κ2) is 12.9. The van der Waals surface area contributed by atoms with Gasteiger partial charge < -0.3 is 19.1 Å². The molecule has 34 heavy (non-hydrogen) atoms. The van der Waals surface area contributed by atoms with E-state index in [2.05, 4.69) is 22.2 Å². The molecule has 0 aromatic heterocycles. The van der Waals surface area contributed by atoms with Crippen LogP contribution in [0.3, 0.4) is 0 Å². The molecule has 1 N–H and O–H groups in total. The predicted octanol–water partition coefficient (Wildman–Crippen LogP) is 5.16. The molecule has 2 amide bonds. The number of nitrogens with zero attached hydrogens (tertiary/aromatic N) is 2. The number of benzene rings is 1. The lowest BCUT2D eigenvalue weighted by molar-refractivity contribution is 0.0554. The molecular formula is C26H39N3O5. The Morgan fingerprint density at radius 2 is 1.65 bits per heavy atom. The minimum absolute atomic E-state index is 0.0145. The van der Waals surface area contributed by atoms with Gasteiger partial charge in [-0.05, 0) is 65.7 Å². The number of carbonyl (C=O) groups excluding carboxylic acids is 2. The van der Waals surface area contributed by atoms with Crippen molar-refractivity contribution in [3.63, 3.8) is 0 Å². The molecule has 1 rings (SSSR count). The summed E-state index contributed by atoms with van der Waals surface area (Å²) in [5.74, 6) is 7.24. The van der Waals surface area contributed by atoms with Gasteiger partial charge in [-0.15, -0.1) is 4.99 Å². The van der Waals surface area contributed by atoms with Crippen LogP contribution in [0.2, 0.25) is 0 Å². The van der Waals surface area contributed by atoms with Gasteiger partial charge in [0.25, 0.3) is 0 Å². The summed E-state index contributed by atoms with van der Waals surface area (Å²) in [6, 6.07) is 7.42. The van der Waals surface area contributed by atoms with Gasteiger partial charge in [-0.25, -0.2) is 9.59 Å². The highest BCUT2D eigenvalue weighted by Crippen LogP contribution is 2.13. The van der Waals surface area contributed by atoms with E-state index in [9.17, 15) is 9.59 Å². The van der Waals surface area contributed by atoms with E-state index >= 15 is 0 Å². The monoisotopic (exact) mass is 473 g/mol. The van der Waals surface area contributed by atoms with Crippen LogP contribution in [0, 0.1) is 11.8 Å². The van der Waals surface area contributed by atoms with Crippen molar-refractivity contribution in [1.82, 2.24) is 10.2 Å². The molecule has 0 fully saturated rings. The fourth-order valence-electron chi connectivity index (χ4n) is 2.76. The third-order valence-corrected chi connectivity index (χ3v) is 4.29. The maximum Gasteiger partial charge on any atom is 0.437 e. The SMILES string of the molecule is CCCC(C#CCc1ccc(OC)cc1)N(C)/C(=N\C(=O)OC(C)(C)C)NC(=O)OC(C)(C)C. The molecule has 1 aromatic carbocycles. The molecule has 0 spiro atoms. The molecule has 1 unspecified atom stereocenters. The van der Waals surface area contributed by atoms with Gasteiger partial charge in [-0.2, -0.15) is 0 Å². The van der Waals surface area contributed by atoms with E-state index < -0.39 is 23.4 Å². The van der Waals surface area contributed by atoms with E-state index in [4.69, 9.17) is 14.2 Å². The third kappa shape index (κ3) is 11.6. The Morgan fingerprint density at radius 3 is 2.15 bits per heavy atom. The van der Waals surface area contributed by atoms with Crippen molar-refractivity contribution in [2.75, 3.05) is 14.2 Å². The Balaban J connectivity index is 3.13. The minimum Gasteiger partial charge on any atom is -0.497 e. The number of carbonyl (C=O) groups is 2. The van der Waals surface area contributed by atoms with Crippen molar-refractivity contribution in [3.05, 3.63) is 29.8 Å². The summed E-state index contributed by atoms with van der Waals surface area (Å²) in [4.78, 5) is 30.5. The first-order valence-electron chi connectivity index (χ1n) is 11.4. The Kier molecular flexibility index (Phi) is 10.9. The lowest BCUT2D eigenvalue weighted by Crippen LogP contribution is -2.48. The molecule has 1 atom stereocenters. The summed E-state index contributed by atoms with van der Waals surface area (Å²) in [5, 5.41) is 2.58. The maximum absolute atomic E-state index is 12.4. The molecule has 0 aliphatic rings. The van der Waals surface area contributed by atoms with E-state index in [1.807, 2.05) is 31.2 Å². The summed E-state index contributed by atoms with van der Waals surface area (Å²) in [6.45, 7) is 12.5. The molecule has 0 aliphatic heterocycles. The van der Waals surface area contributed by atoms with Gasteiger partial charge in [0, 0.05) is 13.5 Å². The first-order chi connectivity index (χ1) is 15.7. The van der Waals surface area contributed by atoms with Crippen LogP contribution in [0.1, 0.15) is 66.9 Å². The van der Waals surface area contributed by atoms with E-state index in [-0.39, 0.29) is 12.0 Å². The molecule has 188 valence electrons. The number of rotatable bonds is 5. The van der Waals surface area contributed by atoms with Crippen molar-refractivity contribution >= 4 is 18.1 Å². The van der Waals surface area contributed by atoms with Gasteiger partial charge in [-0.3, -0.25) is 5.32 Å². The van der Waals surface area contributed by atoms with Crippen LogP contribution in [0.4, 0.5) is 9.59 Å². The largest absolute Gasteiger partial charge is 0.497 e. The molecule has 1 aromatic rings. The van der Waals surface area contributed by atoms with E-state index in [1.165, 1.54) is 0 Å². The van der Waals surface area contributed by atoms with Crippen molar-refractivity contribution in [3.8, 4) is 17.6 Å². The fraction of sp³-hybridized carbons (Fsp3) is 0.577. The van der Waals surface area contributed by atoms with E-state index in [0.717, 1.165) is 17.7 Å². The standard InChI is InChI=1S/C26H39N3O5/c1-10-12-20(14-11-13-19-15-17-21(32-9)18-16-19)29(8)22(27-23(30)33-25(2,3)4)28-24(31)34-26(5,6)7/h15-18,20H,10,12-13H2,1-9H3,(H,27,28,30,31). The van der Waals surface area contributed by atoms with Gasteiger partial charge in [0.05, 0.1) is 13.2 Å². The molecule has 0 aliphatic carbocycles. The fourth-order valence-corrected chi connectivity index (χ4v) is 2.76. The number of amides is 2. The molecule has 0 saturated carbocycles. The van der Waals surface area contributed by atoms with Crippen LogP contribution in [0.15, 0.2) is 29.3 Å². The van der Waals surface area contributed by atoms with Crippen LogP contribution >= 0.6 is 0 Å². The topological polar surface area (TPSA) is 89.5 Å². The predicted molar refractivity (Wildman–Crippen MR) is 134 cm³/mol. The number of hydrogen-bond donors (Lipinski definition) is 1. The van der Waals surface area contributed by atoms with Crippen LogP contribution in [-0.2, 0) is 15.9 Å². The number of guanidine groups is 1. The zero-order valence-corrected chi connectivity index (χ0v) is 21.9. The van der Waals surface area contributed by atoms with Gasteiger partial charge in [0.1, 0.15) is 17.0 Å². The van der Waals surface area contributed by atoms with E-state index in [1.54, 1.807) is 60.6 Å². The molecule has 8 nitrogen and oxygen atoms in total. The molecule has 0 bridgehead atoms. The van der Waals surface area contributed by atoms with Crippen molar-refractivity contribution < 1.29 is 23.8 Å².